The first-order chi connectivity index (χ1) is 13.1. The number of aromatic nitrogens is 3. The maximum Gasteiger partial charge on any atom is 0.203 e. The zero-order chi connectivity index (χ0) is 19.2. The van der Waals surface area contributed by atoms with Crippen molar-refractivity contribution in [3.05, 3.63) is 64.8 Å². The Morgan fingerprint density at radius 3 is 2.70 bits per heavy atom. The molecular formula is C20H25N4OS2+. The largest absolute Gasteiger partial charge is 0.490 e. The van der Waals surface area contributed by atoms with Gasteiger partial charge in [-0.2, -0.15) is 4.68 Å². The van der Waals surface area contributed by atoms with Gasteiger partial charge in [0.2, 0.25) is 4.77 Å². The molecule has 0 aliphatic rings. The predicted molar refractivity (Wildman–Crippen MR) is 113 cm³/mol. The van der Waals surface area contributed by atoms with Crippen molar-refractivity contribution < 1.29 is 9.64 Å². The monoisotopic (exact) mass is 401 g/mol. The normalized spacial score (nSPS) is 12.1. The Morgan fingerprint density at radius 2 is 2.07 bits per heavy atom. The second-order valence-electron chi connectivity index (χ2n) is 6.36. The van der Waals surface area contributed by atoms with Gasteiger partial charge in [0.15, 0.2) is 12.5 Å². The predicted octanol–water partition coefficient (Wildman–Crippen LogP) is 3.40. The van der Waals surface area contributed by atoms with Crippen LogP contribution in [0, 0.1) is 4.77 Å². The van der Waals surface area contributed by atoms with Crippen LogP contribution in [0.5, 0.6) is 5.75 Å². The second kappa shape index (κ2) is 9.12. The first-order valence-corrected chi connectivity index (χ1v) is 10.3. The molecule has 0 radical (unpaired) electrons. The molecule has 0 aliphatic heterocycles. The molecule has 0 saturated carbocycles. The van der Waals surface area contributed by atoms with E-state index in [1.807, 2.05) is 22.9 Å². The maximum absolute atomic E-state index is 5.66. The third-order valence-corrected chi connectivity index (χ3v) is 5.49. The maximum atomic E-state index is 5.66. The van der Waals surface area contributed by atoms with E-state index < -0.39 is 0 Å². The van der Waals surface area contributed by atoms with E-state index in [1.165, 1.54) is 10.5 Å². The smallest absolute Gasteiger partial charge is 0.203 e. The minimum Gasteiger partial charge on any atom is -0.490 e. The minimum atomic E-state index is 0.523. The highest BCUT2D eigenvalue weighted by Crippen LogP contribution is 2.23. The molecule has 5 nitrogen and oxygen atoms in total. The number of nitrogens with one attached hydrogen (secondary N) is 1. The number of quaternary nitrogens is 1. The standard InChI is InChI=1S/C20H24N4OS2/c1-4-12-25-17-10-8-16(9-11-17)14-22(3)15-24-20(26)23(5-2)19(21-24)18-7-6-13-27-18/h4,6-11,13H,1,5,12,14-15H2,2-3H3/p+1. The summed E-state index contributed by atoms with van der Waals surface area (Å²) in [6, 6.07) is 12.3. The number of benzene rings is 1. The SMILES string of the molecule is C=CCOc1ccc(C[NH+](C)Cn2nc(-c3cccs3)n(CC)c2=S)cc1. The quantitative estimate of drug-likeness (QED) is 0.441. The lowest BCUT2D eigenvalue weighted by Crippen LogP contribution is -3.07. The van der Waals surface area contributed by atoms with Crippen LogP contribution in [0.15, 0.2) is 54.4 Å². The summed E-state index contributed by atoms with van der Waals surface area (Å²) in [5.74, 6) is 1.81. The molecule has 0 amide bonds. The van der Waals surface area contributed by atoms with E-state index in [0.717, 1.165) is 41.0 Å². The lowest BCUT2D eigenvalue weighted by molar-refractivity contribution is -0.917. The number of nitrogens with zero attached hydrogens (tertiary/aromatic N) is 3. The van der Waals surface area contributed by atoms with E-state index in [0.29, 0.717) is 6.61 Å². The van der Waals surface area contributed by atoms with Gasteiger partial charge in [0.25, 0.3) is 0 Å². The molecule has 1 N–H and O–H groups in total. The molecule has 0 bridgehead atoms. The van der Waals surface area contributed by atoms with Gasteiger partial charge < -0.3 is 9.64 Å². The fourth-order valence-corrected chi connectivity index (χ4v) is 3.97. The van der Waals surface area contributed by atoms with E-state index in [4.69, 9.17) is 22.1 Å². The molecule has 0 saturated heterocycles. The van der Waals surface area contributed by atoms with Crippen molar-refractivity contribution in [2.24, 2.45) is 0 Å². The number of thiophene rings is 1. The van der Waals surface area contributed by atoms with Crippen molar-refractivity contribution >= 4 is 23.6 Å². The molecular weight excluding hydrogens is 376 g/mol. The molecule has 0 spiro atoms. The molecule has 27 heavy (non-hydrogen) atoms. The van der Waals surface area contributed by atoms with E-state index >= 15 is 0 Å². The van der Waals surface area contributed by atoms with Gasteiger partial charge in [0.05, 0.1) is 11.9 Å². The summed E-state index contributed by atoms with van der Waals surface area (Å²) in [5, 5.41) is 6.85. The molecule has 7 heteroatoms. The summed E-state index contributed by atoms with van der Waals surface area (Å²) in [7, 11) is 2.15. The second-order valence-corrected chi connectivity index (χ2v) is 7.68. The Balaban J connectivity index is 1.70. The molecule has 2 aromatic heterocycles. The molecule has 1 aromatic carbocycles. The third-order valence-electron chi connectivity index (χ3n) is 4.20. The molecule has 1 atom stereocenters. The number of hydrogen-bond donors (Lipinski definition) is 1. The van der Waals surface area contributed by atoms with Gasteiger partial charge in [-0.25, -0.2) is 0 Å². The highest BCUT2D eigenvalue weighted by molar-refractivity contribution is 7.71. The van der Waals surface area contributed by atoms with Crippen LogP contribution in [0.1, 0.15) is 12.5 Å². The Kier molecular flexibility index (Phi) is 6.60. The number of ether oxygens (including phenoxy) is 1. The van der Waals surface area contributed by atoms with Crippen molar-refractivity contribution in [3.8, 4) is 16.5 Å². The minimum absolute atomic E-state index is 0.523. The van der Waals surface area contributed by atoms with Crippen LogP contribution in [0.25, 0.3) is 10.7 Å². The van der Waals surface area contributed by atoms with E-state index in [-0.39, 0.29) is 0 Å². The van der Waals surface area contributed by atoms with Crippen molar-refractivity contribution in [2.75, 3.05) is 13.7 Å². The number of rotatable bonds is 9. The molecule has 3 rings (SSSR count). The van der Waals surface area contributed by atoms with E-state index in [1.54, 1.807) is 17.4 Å². The van der Waals surface area contributed by atoms with Gasteiger partial charge >= 0.3 is 0 Å². The molecule has 1 unspecified atom stereocenters. The van der Waals surface area contributed by atoms with E-state index in [2.05, 4.69) is 48.7 Å². The van der Waals surface area contributed by atoms with Crippen LogP contribution >= 0.6 is 23.6 Å². The summed E-state index contributed by atoms with van der Waals surface area (Å²) in [4.78, 5) is 2.46. The highest BCUT2D eigenvalue weighted by Gasteiger charge is 2.15. The lowest BCUT2D eigenvalue weighted by Gasteiger charge is -2.14. The lowest BCUT2D eigenvalue weighted by atomic mass is 10.2. The summed E-state index contributed by atoms with van der Waals surface area (Å²) in [5.41, 5.74) is 1.25. The van der Waals surface area contributed by atoms with Crippen LogP contribution in [-0.2, 0) is 19.8 Å². The molecule has 0 fully saturated rings. The highest BCUT2D eigenvalue weighted by atomic mass is 32.1. The Morgan fingerprint density at radius 1 is 1.30 bits per heavy atom. The van der Waals surface area contributed by atoms with Gasteiger partial charge in [-0.15, -0.1) is 16.4 Å². The third kappa shape index (κ3) is 4.74. The Labute approximate surface area is 169 Å². The first-order valence-electron chi connectivity index (χ1n) is 8.97. The summed E-state index contributed by atoms with van der Waals surface area (Å²) in [6.45, 7) is 8.71. The average molecular weight is 402 g/mol. The Hall–Kier alpha value is -2.22. The van der Waals surface area contributed by atoms with Gasteiger partial charge in [0.1, 0.15) is 18.9 Å². The molecule has 3 aromatic rings. The van der Waals surface area contributed by atoms with Gasteiger partial charge in [-0.1, -0.05) is 18.7 Å². The average Bonchev–Trinajstić information content (AvgIpc) is 3.30. The van der Waals surface area contributed by atoms with Crippen molar-refractivity contribution in [3.63, 3.8) is 0 Å². The zero-order valence-electron chi connectivity index (χ0n) is 15.7. The number of hydrogen-bond acceptors (Lipinski definition) is 4. The fraction of sp³-hybridized carbons (Fsp3) is 0.300. The molecule has 142 valence electrons. The van der Waals surface area contributed by atoms with Crippen LogP contribution in [0.2, 0.25) is 0 Å². The zero-order valence-corrected chi connectivity index (χ0v) is 17.4. The topological polar surface area (TPSA) is 36.4 Å². The van der Waals surface area contributed by atoms with Crippen molar-refractivity contribution in [1.29, 1.82) is 0 Å². The van der Waals surface area contributed by atoms with Crippen LogP contribution in [-0.4, -0.2) is 28.0 Å². The Bertz CT molecular complexity index is 926. The summed E-state index contributed by atoms with van der Waals surface area (Å²) < 4.78 is 10.3. The van der Waals surface area contributed by atoms with Crippen LogP contribution in [0.4, 0.5) is 0 Å². The molecule has 0 aliphatic carbocycles. The van der Waals surface area contributed by atoms with Gasteiger partial charge in [-0.3, -0.25) is 4.57 Å². The van der Waals surface area contributed by atoms with E-state index in [9.17, 15) is 0 Å². The van der Waals surface area contributed by atoms with Crippen LogP contribution in [0.3, 0.4) is 0 Å². The van der Waals surface area contributed by atoms with Crippen molar-refractivity contribution in [1.82, 2.24) is 14.3 Å². The van der Waals surface area contributed by atoms with Gasteiger partial charge in [-0.05, 0) is 54.9 Å². The summed E-state index contributed by atoms with van der Waals surface area (Å²) >= 11 is 7.34. The fourth-order valence-electron chi connectivity index (χ4n) is 2.94. The molecule has 2 heterocycles. The van der Waals surface area contributed by atoms with Gasteiger partial charge in [0, 0.05) is 12.1 Å². The van der Waals surface area contributed by atoms with Crippen LogP contribution < -0.4 is 9.64 Å². The van der Waals surface area contributed by atoms with Crippen molar-refractivity contribution in [2.45, 2.75) is 26.7 Å². The first kappa shape index (κ1) is 19.5. The summed E-state index contributed by atoms with van der Waals surface area (Å²) in [6.07, 6.45) is 1.75.